The van der Waals surface area contributed by atoms with Crippen molar-refractivity contribution in [2.24, 2.45) is 0 Å². The summed E-state index contributed by atoms with van der Waals surface area (Å²) in [4.78, 5) is 24.0. The number of aryl methyl sites for hydroxylation is 2. The molecule has 7 nitrogen and oxygen atoms in total. The lowest BCUT2D eigenvalue weighted by molar-refractivity contribution is 0.0704. The predicted octanol–water partition coefficient (Wildman–Crippen LogP) is 3.51. The number of aromatic nitrogens is 4. The molecule has 0 radical (unpaired) electrons. The molecule has 0 unspecified atom stereocenters. The number of fused-ring (bicyclic) bond motifs is 2. The Morgan fingerprint density at radius 2 is 1.96 bits per heavy atom. The van der Waals surface area contributed by atoms with Gasteiger partial charge in [0, 0.05) is 31.3 Å². The molecule has 1 aromatic carbocycles. The summed E-state index contributed by atoms with van der Waals surface area (Å²) >= 11 is 0. The van der Waals surface area contributed by atoms with Crippen LogP contribution >= 0.6 is 0 Å². The van der Waals surface area contributed by atoms with Gasteiger partial charge in [-0.2, -0.15) is 5.10 Å². The van der Waals surface area contributed by atoms with Gasteiger partial charge in [0.1, 0.15) is 5.52 Å². The summed E-state index contributed by atoms with van der Waals surface area (Å²) in [5.74, 6) is 1.03. The molecule has 1 aliphatic rings. The summed E-state index contributed by atoms with van der Waals surface area (Å²) in [6.45, 7) is 5.20. The first-order valence-electron chi connectivity index (χ1n) is 9.57. The quantitative estimate of drug-likeness (QED) is 0.536. The zero-order chi connectivity index (χ0) is 19.3. The fraction of sp³-hybridized carbons (Fsp3) is 0.333. The molecule has 0 saturated carbocycles. The normalized spacial score (nSPS) is 15.6. The molecule has 4 aromatic rings. The Hall–Kier alpha value is -3.22. The summed E-state index contributed by atoms with van der Waals surface area (Å²) in [5, 5.41) is 4.44. The lowest BCUT2D eigenvalue weighted by Gasteiger charge is -2.31. The van der Waals surface area contributed by atoms with E-state index in [9.17, 15) is 4.79 Å². The lowest BCUT2D eigenvalue weighted by Crippen LogP contribution is -2.38. The number of oxazole rings is 1. The van der Waals surface area contributed by atoms with Crippen molar-refractivity contribution in [1.82, 2.24) is 24.5 Å². The number of hydrogen-bond donors (Lipinski definition) is 0. The van der Waals surface area contributed by atoms with Crippen LogP contribution in [-0.4, -0.2) is 43.5 Å². The topological polar surface area (TPSA) is 76.5 Å². The van der Waals surface area contributed by atoms with Gasteiger partial charge in [-0.25, -0.2) is 14.5 Å². The van der Waals surface area contributed by atoms with Gasteiger partial charge in [-0.15, -0.1) is 0 Å². The molecule has 0 spiro atoms. The number of likely N-dealkylation sites (tertiary alicyclic amines) is 1. The number of rotatable bonds is 2. The highest BCUT2D eigenvalue weighted by Gasteiger charge is 2.28. The summed E-state index contributed by atoms with van der Waals surface area (Å²) in [5.41, 5.74) is 4.79. The predicted molar refractivity (Wildman–Crippen MR) is 104 cm³/mol. The van der Waals surface area contributed by atoms with Crippen LogP contribution in [0.3, 0.4) is 0 Å². The second kappa shape index (κ2) is 6.44. The first kappa shape index (κ1) is 16.9. The minimum absolute atomic E-state index is 0.0102. The first-order valence-corrected chi connectivity index (χ1v) is 9.57. The summed E-state index contributed by atoms with van der Waals surface area (Å²) < 4.78 is 7.67. The monoisotopic (exact) mass is 375 g/mol. The molecule has 1 amide bonds. The Labute approximate surface area is 162 Å². The van der Waals surface area contributed by atoms with Crippen molar-refractivity contribution in [1.29, 1.82) is 0 Å². The third-order valence-corrected chi connectivity index (χ3v) is 5.52. The number of carbonyl (C=O) groups excluding carboxylic acids is 1. The highest BCUT2D eigenvalue weighted by atomic mass is 16.3. The number of piperidine rings is 1. The molecule has 0 bridgehead atoms. The molecule has 1 saturated heterocycles. The highest BCUT2D eigenvalue weighted by Crippen LogP contribution is 2.30. The zero-order valence-corrected chi connectivity index (χ0v) is 15.9. The van der Waals surface area contributed by atoms with E-state index in [2.05, 4.69) is 15.1 Å². The van der Waals surface area contributed by atoms with Crippen molar-refractivity contribution in [3.8, 4) is 0 Å². The third-order valence-electron chi connectivity index (χ3n) is 5.52. The van der Waals surface area contributed by atoms with Gasteiger partial charge >= 0.3 is 0 Å². The maximum atomic E-state index is 13.1. The number of benzene rings is 1. The smallest absolute Gasteiger partial charge is 0.257 e. The fourth-order valence-corrected chi connectivity index (χ4v) is 3.94. The van der Waals surface area contributed by atoms with Gasteiger partial charge in [0.15, 0.2) is 17.1 Å². The summed E-state index contributed by atoms with van der Waals surface area (Å²) in [6, 6.07) is 9.72. The van der Waals surface area contributed by atoms with Crippen LogP contribution in [-0.2, 0) is 0 Å². The molecule has 142 valence electrons. The van der Waals surface area contributed by atoms with Crippen LogP contribution in [0.25, 0.3) is 16.7 Å². The van der Waals surface area contributed by atoms with Crippen molar-refractivity contribution in [2.75, 3.05) is 13.1 Å². The number of nitrogens with zero attached hydrogens (tertiary/aromatic N) is 5. The van der Waals surface area contributed by atoms with Crippen LogP contribution in [0.5, 0.6) is 0 Å². The van der Waals surface area contributed by atoms with Crippen LogP contribution in [0.1, 0.15) is 46.4 Å². The number of hydrogen-bond acceptors (Lipinski definition) is 5. The number of para-hydroxylation sites is 2. The molecule has 3 aromatic heterocycles. The third kappa shape index (κ3) is 2.74. The molecule has 28 heavy (non-hydrogen) atoms. The molecule has 0 aliphatic carbocycles. The van der Waals surface area contributed by atoms with Gasteiger partial charge in [0.2, 0.25) is 0 Å². The average molecular weight is 375 g/mol. The van der Waals surface area contributed by atoms with Gasteiger partial charge in [0.25, 0.3) is 5.91 Å². The Morgan fingerprint density at radius 3 is 2.75 bits per heavy atom. The molecule has 5 rings (SSSR count). The van der Waals surface area contributed by atoms with Gasteiger partial charge in [-0.3, -0.25) is 4.79 Å². The van der Waals surface area contributed by atoms with Crippen LogP contribution in [0, 0.1) is 13.8 Å². The van der Waals surface area contributed by atoms with E-state index in [1.807, 2.05) is 49.1 Å². The Balaban J connectivity index is 1.33. The number of amides is 1. The molecule has 7 heteroatoms. The molecular weight excluding hydrogens is 354 g/mol. The van der Waals surface area contributed by atoms with Crippen molar-refractivity contribution >= 4 is 22.7 Å². The van der Waals surface area contributed by atoms with Crippen molar-refractivity contribution in [3.63, 3.8) is 0 Å². The fourth-order valence-electron chi connectivity index (χ4n) is 3.94. The second-order valence-electron chi connectivity index (χ2n) is 7.40. The molecule has 0 atom stereocenters. The van der Waals surface area contributed by atoms with Gasteiger partial charge < -0.3 is 9.32 Å². The van der Waals surface area contributed by atoms with Crippen LogP contribution in [0.4, 0.5) is 0 Å². The van der Waals surface area contributed by atoms with E-state index in [0.717, 1.165) is 46.9 Å². The van der Waals surface area contributed by atoms with E-state index < -0.39 is 0 Å². The van der Waals surface area contributed by atoms with E-state index in [1.54, 1.807) is 10.7 Å². The van der Waals surface area contributed by atoms with Gasteiger partial charge in [0.05, 0.1) is 17.0 Å². The van der Waals surface area contributed by atoms with Gasteiger partial charge in [-0.1, -0.05) is 12.1 Å². The molecule has 1 aliphatic heterocycles. The van der Waals surface area contributed by atoms with E-state index in [-0.39, 0.29) is 11.8 Å². The highest BCUT2D eigenvalue weighted by molar-refractivity contribution is 5.95. The van der Waals surface area contributed by atoms with E-state index in [4.69, 9.17) is 4.42 Å². The van der Waals surface area contributed by atoms with Crippen molar-refractivity contribution < 1.29 is 9.21 Å². The lowest BCUT2D eigenvalue weighted by atomic mass is 9.96. The Kier molecular flexibility index (Phi) is 3.89. The van der Waals surface area contributed by atoms with Crippen molar-refractivity contribution in [2.45, 2.75) is 32.6 Å². The molecule has 0 N–H and O–H groups in total. The SMILES string of the molecule is Cc1cc2ncc(C(=O)N3CCC(c4nc5ccccc5o4)CC3)c(C)n2n1. The van der Waals surface area contributed by atoms with Crippen LogP contribution < -0.4 is 0 Å². The Morgan fingerprint density at radius 1 is 1.18 bits per heavy atom. The maximum absolute atomic E-state index is 13.1. The number of carbonyl (C=O) groups is 1. The zero-order valence-electron chi connectivity index (χ0n) is 15.9. The summed E-state index contributed by atoms with van der Waals surface area (Å²) in [7, 11) is 0. The van der Waals surface area contributed by atoms with E-state index in [0.29, 0.717) is 18.7 Å². The molecule has 1 fully saturated rings. The second-order valence-corrected chi connectivity index (χ2v) is 7.40. The van der Waals surface area contributed by atoms with Crippen molar-refractivity contribution in [3.05, 3.63) is 59.4 Å². The molecule has 4 heterocycles. The maximum Gasteiger partial charge on any atom is 0.257 e. The first-order chi connectivity index (χ1) is 13.6. The Bertz CT molecular complexity index is 1150. The van der Waals surface area contributed by atoms with Gasteiger partial charge in [-0.05, 0) is 38.8 Å². The van der Waals surface area contributed by atoms with Crippen LogP contribution in [0.2, 0.25) is 0 Å². The van der Waals surface area contributed by atoms with E-state index in [1.165, 1.54) is 0 Å². The largest absolute Gasteiger partial charge is 0.440 e. The molecular formula is C21H21N5O2. The minimum Gasteiger partial charge on any atom is -0.440 e. The average Bonchev–Trinajstić information content (AvgIpc) is 3.31. The minimum atomic E-state index is 0.0102. The standard InChI is InChI=1S/C21H21N5O2/c1-13-11-19-22-12-16(14(2)26(19)24-13)21(27)25-9-7-15(8-10-25)20-23-17-5-3-4-6-18(17)28-20/h3-6,11-12,15H,7-10H2,1-2H3. The summed E-state index contributed by atoms with van der Waals surface area (Å²) in [6.07, 6.45) is 3.35. The van der Waals surface area contributed by atoms with E-state index >= 15 is 0 Å². The van der Waals surface area contributed by atoms with Crippen LogP contribution in [0.15, 0.2) is 40.9 Å².